The Kier molecular flexibility index (Phi) is 5.81. The molecule has 1 saturated heterocycles. The number of ether oxygens (including phenoxy) is 1. The Morgan fingerprint density at radius 1 is 1.36 bits per heavy atom. The molecule has 0 radical (unpaired) electrons. The van der Waals surface area contributed by atoms with Gasteiger partial charge in [-0.1, -0.05) is 25.5 Å². The number of amides is 2. The fourth-order valence-electron chi connectivity index (χ4n) is 2.61. The first-order valence-electron chi connectivity index (χ1n) is 7.97. The van der Waals surface area contributed by atoms with Gasteiger partial charge in [0, 0.05) is 19.5 Å². The van der Waals surface area contributed by atoms with Crippen LogP contribution in [0, 0.1) is 5.92 Å². The summed E-state index contributed by atoms with van der Waals surface area (Å²) in [5.74, 6) is 0.352. The number of nitrogens with zero attached hydrogens (tertiary/aromatic N) is 1. The Morgan fingerprint density at radius 3 is 2.86 bits per heavy atom. The average Bonchev–Trinajstić information content (AvgIpc) is 2.90. The van der Waals surface area contributed by atoms with Crippen LogP contribution < -0.4 is 15.0 Å². The van der Waals surface area contributed by atoms with Crippen molar-refractivity contribution >= 4 is 17.5 Å². The minimum atomic E-state index is -0.279. The molecule has 0 aromatic heterocycles. The lowest BCUT2D eigenvalue weighted by Crippen LogP contribution is -2.33. The molecule has 1 N–H and O–H groups in total. The lowest BCUT2D eigenvalue weighted by molar-refractivity contribution is -0.126. The van der Waals surface area contributed by atoms with Gasteiger partial charge < -0.3 is 15.0 Å². The van der Waals surface area contributed by atoms with E-state index < -0.39 is 0 Å². The van der Waals surface area contributed by atoms with Crippen LogP contribution in [0.5, 0.6) is 5.75 Å². The maximum atomic E-state index is 12.3. The molecule has 1 atom stereocenters. The zero-order valence-corrected chi connectivity index (χ0v) is 13.3. The molecule has 0 aliphatic carbocycles. The number of nitrogens with one attached hydrogen (secondary N) is 1. The summed E-state index contributed by atoms with van der Waals surface area (Å²) < 4.78 is 5.58. The summed E-state index contributed by atoms with van der Waals surface area (Å²) in [5.41, 5.74) is 0.748. The number of carbonyl (C=O) groups excluding carboxylic acids is 2. The van der Waals surface area contributed by atoms with E-state index in [-0.39, 0.29) is 24.2 Å². The van der Waals surface area contributed by atoms with Crippen LogP contribution in [0.25, 0.3) is 0 Å². The normalized spacial score (nSPS) is 17.6. The van der Waals surface area contributed by atoms with E-state index in [4.69, 9.17) is 4.74 Å². The summed E-state index contributed by atoms with van der Waals surface area (Å²) in [6.07, 6.45) is 2.26. The van der Waals surface area contributed by atoms with Crippen LogP contribution in [0.2, 0.25) is 0 Å². The van der Waals surface area contributed by atoms with Gasteiger partial charge in [0.05, 0.1) is 18.2 Å². The molecule has 0 saturated carbocycles. The SMILES string of the molecule is CCCCNC(=O)C1CC(=O)N(c2ccccc2OCC)C1. The molecule has 1 aromatic rings. The Morgan fingerprint density at radius 2 is 2.14 bits per heavy atom. The third kappa shape index (κ3) is 3.78. The zero-order chi connectivity index (χ0) is 15.9. The quantitative estimate of drug-likeness (QED) is 0.787. The number of para-hydroxylation sites is 2. The molecule has 1 heterocycles. The van der Waals surface area contributed by atoms with E-state index in [0.717, 1.165) is 18.5 Å². The lowest BCUT2D eigenvalue weighted by Gasteiger charge is -2.20. The molecule has 0 spiro atoms. The van der Waals surface area contributed by atoms with Gasteiger partial charge in [-0.25, -0.2) is 0 Å². The zero-order valence-electron chi connectivity index (χ0n) is 13.3. The predicted octanol–water partition coefficient (Wildman–Crippen LogP) is 2.35. The summed E-state index contributed by atoms with van der Waals surface area (Å²) in [4.78, 5) is 26.1. The predicted molar refractivity (Wildman–Crippen MR) is 86.0 cm³/mol. The number of hydrogen-bond donors (Lipinski definition) is 1. The van der Waals surface area contributed by atoms with Crippen molar-refractivity contribution in [3.8, 4) is 5.75 Å². The molecule has 2 amide bonds. The van der Waals surface area contributed by atoms with Gasteiger partial charge >= 0.3 is 0 Å². The minimum Gasteiger partial charge on any atom is -0.492 e. The van der Waals surface area contributed by atoms with Gasteiger partial charge in [-0.2, -0.15) is 0 Å². The maximum Gasteiger partial charge on any atom is 0.227 e. The molecule has 1 aliphatic rings. The van der Waals surface area contributed by atoms with Gasteiger partial charge in [-0.3, -0.25) is 9.59 Å². The molecule has 1 unspecified atom stereocenters. The van der Waals surface area contributed by atoms with Gasteiger partial charge in [0.25, 0.3) is 0 Å². The minimum absolute atomic E-state index is 0.0252. The third-order valence-electron chi connectivity index (χ3n) is 3.78. The van der Waals surface area contributed by atoms with Crippen molar-refractivity contribution in [1.82, 2.24) is 5.32 Å². The van der Waals surface area contributed by atoms with E-state index in [0.29, 0.717) is 25.4 Å². The molecule has 0 bridgehead atoms. The van der Waals surface area contributed by atoms with Crippen LogP contribution in [0.4, 0.5) is 5.69 Å². The lowest BCUT2D eigenvalue weighted by atomic mass is 10.1. The second kappa shape index (κ2) is 7.82. The maximum absolute atomic E-state index is 12.3. The molecule has 5 heteroatoms. The van der Waals surface area contributed by atoms with E-state index in [1.54, 1.807) is 4.90 Å². The summed E-state index contributed by atoms with van der Waals surface area (Å²) >= 11 is 0. The van der Waals surface area contributed by atoms with Crippen LogP contribution >= 0.6 is 0 Å². The fraction of sp³-hybridized carbons (Fsp3) is 0.529. The Bertz CT molecular complexity index is 530. The number of hydrogen-bond acceptors (Lipinski definition) is 3. The highest BCUT2D eigenvalue weighted by molar-refractivity contribution is 6.01. The number of unbranched alkanes of at least 4 members (excludes halogenated alkanes) is 1. The van der Waals surface area contributed by atoms with E-state index in [9.17, 15) is 9.59 Å². The van der Waals surface area contributed by atoms with Gasteiger partial charge in [0.2, 0.25) is 11.8 Å². The first-order valence-corrected chi connectivity index (χ1v) is 7.97. The second-order valence-electron chi connectivity index (χ2n) is 5.45. The first-order chi connectivity index (χ1) is 10.7. The van der Waals surface area contributed by atoms with Crippen molar-refractivity contribution in [3.63, 3.8) is 0 Å². The Balaban J connectivity index is 2.05. The molecule has 2 rings (SSSR count). The van der Waals surface area contributed by atoms with Crippen LogP contribution in [-0.2, 0) is 9.59 Å². The summed E-state index contributed by atoms with van der Waals surface area (Å²) in [7, 11) is 0. The summed E-state index contributed by atoms with van der Waals surface area (Å²) in [5, 5.41) is 2.91. The molecular formula is C17H24N2O3. The fourth-order valence-corrected chi connectivity index (χ4v) is 2.61. The molecule has 22 heavy (non-hydrogen) atoms. The number of rotatable bonds is 7. The summed E-state index contributed by atoms with van der Waals surface area (Å²) in [6.45, 7) is 5.63. The number of anilines is 1. The Labute approximate surface area is 131 Å². The van der Waals surface area contributed by atoms with E-state index >= 15 is 0 Å². The van der Waals surface area contributed by atoms with Gasteiger partial charge in [-0.05, 0) is 25.5 Å². The molecule has 120 valence electrons. The van der Waals surface area contributed by atoms with Crippen molar-refractivity contribution in [3.05, 3.63) is 24.3 Å². The van der Waals surface area contributed by atoms with Crippen molar-refractivity contribution in [2.45, 2.75) is 33.1 Å². The largest absolute Gasteiger partial charge is 0.492 e. The van der Waals surface area contributed by atoms with Crippen LogP contribution in [0.1, 0.15) is 33.1 Å². The highest BCUT2D eigenvalue weighted by Gasteiger charge is 2.36. The Hall–Kier alpha value is -2.04. The summed E-state index contributed by atoms with van der Waals surface area (Å²) in [6, 6.07) is 7.46. The van der Waals surface area contributed by atoms with Crippen molar-refractivity contribution < 1.29 is 14.3 Å². The molecule has 5 nitrogen and oxygen atoms in total. The van der Waals surface area contributed by atoms with Crippen molar-refractivity contribution in [2.75, 3.05) is 24.6 Å². The van der Waals surface area contributed by atoms with E-state index in [1.165, 1.54) is 0 Å². The van der Waals surface area contributed by atoms with Crippen LogP contribution in [0.15, 0.2) is 24.3 Å². The van der Waals surface area contributed by atoms with Gasteiger partial charge in [0.15, 0.2) is 0 Å². The second-order valence-corrected chi connectivity index (χ2v) is 5.45. The third-order valence-corrected chi connectivity index (χ3v) is 3.78. The van der Waals surface area contributed by atoms with Gasteiger partial charge in [-0.15, -0.1) is 0 Å². The van der Waals surface area contributed by atoms with Crippen LogP contribution in [0.3, 0.4) is 0 Å². The van der Waals surface area contributed by atoms with Crippen molar-refractivity contribution in [2.24, 2.45) is 5.92 Å². The number of carbonyl (C=O) groups is 2. The van der Waals surface area contributed by atoms with Crippen LogP contribution in [-0.4, -0.2) is 31.5 Å². The molecule has 1 aliphatic heterocycles. The first kappa shape index (κ1) is 16.3. The average molecular weight is 304 g/mol. The van der Waals surface area contributed by atoms with E-state index in [2.05, 4.69) is 12.2 Å². The topological polar surface area (TPSA) is 58.6 Å². The monoisotopic (exact) mass is 304 g/mol. The highest BCUT2D eigenvalue weighted by atomic mass is 16.5. The smallest absolute Gasteiger partial charge is 0.227 e. The standard InChI is InChI=1S/C17H24N2O3/c1-3-5-10-18-17(21)13-11-16(20)19(12-13)14-8-6-7-9-15(14)22-4-2/h6-9,13H,3-5,10-12H2,1-2H3,(H,18,21). The molecule has 1 aromatic carbocycles. The number of benzene rings is 1. The van der Waals surface area contributed by atoms with E-state index in [1.807, 2.05) is 31.2 Å². The molecular weight excluding hydrogens is 280 g/mol. The highest BCUT2D eigenvalue weighted by Crippen LogP contribution is 2.33. The van der Waals surface area contributed by atoms with Gasteiger partial charge in [0.1, 0.15) is 5.75 Å². The molecule has 1 fully saturated rings. The van der Waals surface area contributed by atoms with Crippen molar-refractivity contribution in [1.29, 1.82) is 0 Å².